The highest BCUT2D eigenvalue weighted by Gasteiger charge is 2.37. The molecule has 0 radical (unpaired) electrons. The summed E-state index contributed by atoms with van der Waals surface area (Å²) in [5, 5.41) is 3.96. The predicted molar refractivity (Wildman–Crippen MR) is 212 cm³/mol. The number of nitrogens with zero attached hydrogens (tertiary/aromatic N) is 1. The number of alkyl carbamates (subject to hydrolysis) is 1. The molecule has 3 aliphatic heterocycles. The fourth-order valence-corrected chi connectivity index (χ4v) is 8.50. The summed E-state index contributed by atoms with van der Waals surface area (Å²) in [5.74, 6) is 1.56. The van der Waals surface area contributed by atoms with E-state index in [9.17, 15) is 9.59 Å². The van der Waals surface area contributed by atoms with Crippen molar-refractivity contribution in [2.75, 3.05) is 33.9 Å². The molecule has 3 N–H and O–H groups in total. The third-order valence-electron chi connectivity index (χ3n) is 10.1. The largest absolute Gasteiger partial charge is 0.870 e. The molecule has 3 atom stereocenters. The average molecular weight is 821 g/mol. The second kappa shape index (κ2) is 18.9. The monoisotopic (exact) mass is 819 g/mol. The fourth-order valence-electron chi connectivity index (χ4n) is 7.17. The van der Waals surface area contributed by atoms with Crippen molar-refractivity contribution in [1.29, 1.82) is 0 Å². The Morgan fingerprint density at radius 2 is 1.61 bits per heavy atom. The van der Waals surface area contributed by atoms with Gasteiger partial charge in [-0.25, -0.2) is 14.6 Å². The number of benzene rings is 3. The zero-order chi connectivity index (χ0) is 38.3. The van der Waals surface area contributed by atoms with Crippen LogP contribution in [0.5, 0.6) is 17.2 Å². The van der Waals surface area contributed by atoms with Crippen molar-refractivity contribution >= 4 is 46.6 Å². The number of carbonyl (C=O) groups is 2. The highest BCUT2D eigenvalue weighted by molar-refractivity contribution is 7.13. The Morgan fingerprint density at radius 3 is 2.30 bits per heavy atom. The zero-order valence-electron chi connectivity index (χ0n) is 30.9. The highest BCUT2D eigenvalue weighted by atomic mass is 35.5. The molecule has 1 amide bonds. The number of hydrogen-bond donors (Lipinski definition) is 1. The molecule has 3 aromatic carbocycles. The standard InChI is InChI=1S/C42H41Cl2N3O7S.H2O/c1-50-35-13-11-28(20-37(35)51-2)36(21-32-33(43)22-45-23-34(32)44)53-41(48)39-14-12-31(55-39)25-52-30-10-6-9-29(19-30)40(27-7-4-3-5-8-27)46-42(49)54-38-24-47-17-15-26(38)16-18-47;/h3-14,19-20,22-23,26,36,38,40H,15-18,21,24-25H2,1-2H3,(H,46,49);1H2/t36-,38-,40-;/m0./s1. The number of pyridine rings is 1. The first-order valence-corrected chi connectivity index (χ1v) is 19.7. The maximum absolute atomic E-state index is 13.6. The summed E-state index contributed by atoms with van der Waals surface area (Å²) in [6, 6.07) is 25.9. The van der Waals surface area contributed by atoms with Gasteiger partial charge < -0.3 is 34.5 Å². The number of thiophene rings is 1. The average Bonchev–Trinajstić information content (AvgIpc) is 3.70. The molecule has 56 heavy (non-hydrogen) atoms. The molecule has 0 aliphatic carbocycles. The summed E-state index contributed by atoms with van der Waals surface area (Å²) in [7, 11) is 3.10. The topological polar surface area (TPSA) is 140 Å². The lowest BCUT2D eigenvalue weighted by atomic mass is 9.86. The Labute approximate surface area is 339 Å². The minimum absolute atomic E-state index is 0. The van der Waals surface area contributed by atoms with Crippen LogP contribution in [0.25, 0.3) is 0 Å². The third kappa shape index (κ3) is 9.74. The number of H-pyrrole nitrogens is 1. The number of halogens is 2. The van der Waals surface area contributed by atoms with Gasteiger partial charge in [-0.3, -0.25) is 4.90 Å². The number of fused-ring (bicyclic) bond motifs is 3. The Hall–Kier alpha value is -4.85. The van der Waals surface area contributed by atoms with Crippen LogP contribution in [0.3, 0.4) is 0 Å². The number of hydrogen-bond acceptors (Lipinski definition) is 10. The Bertz CT molecular complexity index is 2090. The molecule has 0 spiro atoms. The molecule has 14 heteroatoms. The summed E-state index contributed by atoms with van der Waals surface area (Å²) in [6.07, 6.45) is 4.33. The minimum Gasteiger partial charge on any atom is -0.870 e. The molecule has 5 aromatic rings. The van der Waals surface area contributed by atoms with E-state index in [1.165, 1.54) is 11.3 Å². The van der Waals surface area contributed by atoms with E-state index in [4.69, 9.17) is 46.9 Å². The molecule has 5 heterocycles. The van der Waals surface area contributed by atoms with Gasteiger partial charge in [0.1, 0.15) is 39.5 Å². The van der Waals surface area contributed by atoms with Crippen molar-refractivity contribution in [1.82, 2.24) is 10.2 Å². The number of nitrogens with one attached hydrogen (secondary N) is 2. The SMILES string of the molecule is COc1ccc([C@H](Cc2c(Cl)c[nH+]cc2Cl)OC(=O)c2ccc(COc3cccc([C@@H](NC(=O)O[C@H]4CN5CCC4CC5)c4ccccc4)c3)s2)cc1OC.[OH-]. The predicted octanol–water partition coefficient (Wildman–Crippen LogP) is 8.34. The molecule has 2 bridgehead atoms. The van der Waals surface area contributed by atoms with Crippen LogP contribution in [-0.4, -0.2) is 62.4 Å². The first kappa shape index (κ1) is 40.8. The van der Waals surface area contributed by atoms with Crippen LogP contribution < -0.4 is 24.5 Å². The lowest BCUT2D eigenvalue weighted by Crippen LogP contribution is -2.52. The third-order valence-corrected chi connectivity index (χ3v) is 11.8. The number of ether oxygens (including phenoxy) is 5. The maximum atomic E-state index is 13.6. The molecule has 2 aromatic heterocycles. The van der Waals surface area contributed by atoms with Crippen molar-refractivity contribution in [2.24, 2.45) is 5.92 Å². The summed E-state index contributed by atoms with van der Waals surface area (Å²) in [4.78, 5) is 33.4. The van der Waals surface area contributed by atoms with Gasteiger partial charge in [0.25, 0.3) is 0 Å². The lowest BCUT2D eigenvalue weighted by molar-refractivity contribution is -0.377. The van der Waals surface area contributed by atoms with Crippen molar-refractivity contribution in [3.63, 3.8) is 0 Å². The number of esters is 1. The van der Waals surface area contributed by atoms with Crippen LogP contribution >= 0.6 is 34.5 Å². The van der Waals surface area contributed by atoms with Crippen LogP contribution in [0, 0.1) is 5.92 Å². The molecular formula is C42H43Cl2N3O8S. The highest BCUT2D eigenvalue weighted by Crippen LogP contribution is 2.36. The summed E-state index contributed by atoms with van der Waals surface area (Å²) < 4.78 is 29.3. The minimum atomic E-state index is -0.742. The van der Waals surface area contributed by atoms with Gasteiger partial charge in [0.05, 0.1) is 20.3 Å². The number of carbonyl (C=O) groups excluding carboxylic acids is 2. The van der Waals surface area contributed by atoms with Gasteiger partial charge in [0.15, 0.2) is 23.9 Å². The molecule has 0 unspecified atom stereocenters. The smallest absolute Gasteiger partial charge is 0.408 e. The van der Waals surface area contributed by atoms with E-state index >= 15 is 0 Å². The number of amides is 1. The van der Waals surface area contributed by atoms with E-state index in [1.807, 2.05) is 66.7 Å². The molecular weight excluding hydrogens is 777 g/mol. The molecule has 8 rings (SSSR count). The number of methoxy groups -OCH3 is 2. The fraction of sp³-hybridized carbons (Fsp3) is 0.310. The molecule has 3 fully saturated rings. The first-order valence-electron chi connectivity index (χ1n) is 18.1. The maximum Gasteiger partial charge on any atom is 0.408 e. The van der Waals surface area contributed by atoms with Crippen LogP contribution in [0.4, 0.5) is 4.79 Å². The Kier molecular flexibility index (Phi) is 13.7. The molecule has 3 aliphatic rings. The molecule has 0 saturated carbocycles. The van der Waals surface area contributed by atoms with Gasteiger partial charge >= 0.3 is 12.1 Å². The van der Waals surface area contributed by atoms with Gasteiger partial charge in [-0.1, -0.05) is 71.7 Å². The Balaban J connectivity index is 0.00000532. The molecule has 3 saturated heterocycles. The van der Waals surface area contributed by atoms with E-state index in [0.717, 1.165) is 48.5 Å². The van der Waals surface area contributed by atoms with E-state index in [1.54, 1.807) is 44.8 Å². The normalized spacial score (nSPS) is 18.2. The van der Waals surface area contributed by atoms with Crippen molar-refractivity contribution in [2.45, 2.75) is 44.1 Å². The summed E-state index contributed by atoms with van der Waals surface area (Å²) >= 11 is 14.3. The first-order chi connectivity index (χ1) is 26.8. The number of aromatic nitrogens is 1. The molecule has 294 valence electrons. The van der Waals surface area contributed by atoms with Gasteiger partial charge in [0, 0.05) is 23.4 Å². The number of piperidine rings is 3. The van der Waals surface area contributed by atoms with Crippen molar-refractivity contribution in [3.8, 4) is 17.2 Å². The Morgan fingerprint density at radius 1 is 0.875 bits per heavy atom. The van der Waals surface area contributed by atoms with E-state index in [-0.39, 0.29) is 24.6 Å². The van der Waals surface area contributed by atoms with E-state index < -0.39 is 24.2 Å². The van der Waals surface area contributed by atoms with Crippen molar-refractivity contribution in [3.05, 3.63) is 139 Å². The summed E-state index contributed by atoms with van der Waals surface area (Å²) in [6.45, 7) is 3.15. The second-order valence-corrected chi connectivity index (χ2v) is 15.5. The summed E-state index contributed by atoms with van der Waals surface area (Å²) in [5.41, 5.74) is 3.09. The van der Waals surface area contributed by atoms with Gasteiger partial charge in [0.2, 0.25) is 0 Å². The van der Waals surface area contributed by atoms with Crippen molar-refractivity contribution < 1.29 is 43.7 Å². The van der Waals surface area contributed by atoms with Gasteiger partial charge in [-0.15, -0.1) is 11.3 Å². The lowest BCUT2D eigenvalue weighted by Gasteiger charge is -2.43. The van der Waals surface area contributed by atoms with Crippen LogP contribution in [0.15, 0.2) is 97.3 Å². The zero-order valence-corrected chi connectivity index (χ0v) is 33.2. The molecule has 11 nitrogen and oxygen atoms in total. The van der Waals surface area contributed by atoms with E-state index in [0.29, 0.717) is 49.2 Å². The van der Waals surface area contributed by atoms with E-state index in [2.05, 4.69) is 15.2 Å². The van der Waals surface area contributed by atoms with Crippen LogP contribution in [-0.2, 0) is 22.5 Å². The van der Waals surface area contributed by atoms with Gasteiger partial charge in [-0.2, -0.15) is 0 Å². The number of rotatable bonds is 14. The van der Waals surface area contributed by atoms with Gasteiger partial charge in [-0.05, 0) is 84.9 Å². The quantitative estimate of drug-likeness (QED) is 0.110. The number of aromatic amines is 1. The van der Waals surface area contributed by atoms with Crippen LogP contribution in [0.1, 0.15) is 61.8 Å². The van der Waals surface area contributed by atoms with Crippen LogP contribution in [0.2, 0.25) is 10.0 Å². The second-order valence-electron chi connectivity index (χ2n) is 13.5.